The van der Waals surface area contributed by atoms with E-state index in [1.807, 2.05) is 0 Å². The molecular formula is C20H14Cl2O3. The molecule has 0 fully saturated rings. The third-order valence-corrected chi connectivity index (χ3v) is 3.98. The maximum absolute atomic E-state index is 12.2. The summed E-state index contributed by atoms with van der Waals surface area (Å²) in [6.45, 7) is 0. The smallest absolute Gasteiger partial charge is 0.185 e. The molecule has 5 heteroatoms. The van der Waals surface area contributed by atoms with Gasteiger partial charge in [0.05, 0.1) is 7.11 Å². The van der Waals surface area contributed by atoms with Gasteiger partial charge in [-0.1, -0.05) is 23.2 Å². The van der Waals surface area contributed by atoms with E-state index in [9.17, 15) is 4.79 Å². The minimum Gasteiger partial charge on any atom is -0.497 e. The first kappa shape index (κ1) is 17.3. The molecule has 0 atom stereocenters. The van der Waals surface area contributed by atoms with E-state index in [2.05, 4.69) is 0 Å². The van der Waals surface area contributed by atoms with Crippen molar-refractivity contribution in [3.8, 4) is 17.1 Å². The number of ketones is 1. The number of carbonyl (C=O) groups is 1. The molecule has 0 aliphatic carbocycles. The number of benzene rings is 2. The Bertz CT molecular complexity index is 904. The Morgan fingerprint density at radius 3 is 2.32 bits per heavy atom. The zero-order valence-electron chi connectivity index (χ0n) is 13.3. The fourth-order valence-corrected chi connectivity index (χ4v) is 2.83. The lowest BCUT2D eigenvalue weighted by molar-refractivity contribution is 0.104. The van der Waals surface area contributed by atoms with Gasteiger partial charge >= 0.3 is 0 Å². The van der Waals surface area contributed by atoms with E-state index >= 15 is 0 Å². The Kier molecular flexibility index (Phi) is 5.27. The molecule has 126 valence electrons. The highest BCUT2D eigenvalue weighted by Crippen LogP contribution is 2.29. The summed E-state index contributed by atoms with van der Waals surface area (Å²) in [5.74, 6) is 1.77. The van der Waals surface area contributed by atoms with Gasteiger partial charge in [-0.15, -0.1) is 0 Å². The number of allylic oxidation sites excluding steroid dienone is 1. The Morgan fingerprint density at radius 2 is 1.68 bits per heavy atom. The van der Waals surface area contributed by atoms with Gasteiger partial charge in [-0.05, 0) is 66.7 Å². The van der Waals surface area contributed by atoms with Gasteiger partial charge in [-0.25, -0.2) is 0 Å². The summed E-state index contributed by atoms with van der Waals surface area (Å²) in [6, 6.07) is 15.7. The summed E-state index contributed by atoms with van der Waals surface area (Å²) in [4.78, 5) is 12.2. The first-order valence-electron chi connectivity index (χ1n) is 7.48. The summed E-state index contributed by atoms with van der Waals surface area (Å²) in [7, 11) is 1.58. The third kappa shape index (κ3) is 4.32. The number of hydrogen-bond acceptors (Lipinski definition) is 3. The SMILES string of the molecule is COc1ccc(C(=O)/C=C/c2ccc(-c3cc(Cl)cc(Cl)c3)o2)cc1. The molecule has 0 unspecified atom stereocenters. The van der Waals surface area contributed by atoms with Crippen LogP contribution in [-0.2, 0) is 0 Å². The maximum atomic E-state index is 12.2. The van der Waals surface area contributed by atoms with Gasteiger partial charge in [-0.3, -0.25) is 4.79 Å². The Labute approximate surface area is 155 Å². The Balaban J connectivity index is 1.75. The highest BCUT2D eigenvalue weighted by Gasteiger charge is 2.07. The van der Waals surface area contributed by atoms with Gasteiger partial charge < -0.3 is 9.15 Å². The molecule has 1 aromatic heterocycles. The number of hydrogen-bond donors (Lipinski definition) is 0. The van der Waals surface area contributed by atoms with Gasteiger partial charge in [0.15, 0.2) is 5.78 Å². The van der Waals surface area contributed by atoms with Crippen molar-refractivity contribution >= 4 is 35.1 Å². The molecule has 3 rings (SSSR count). The summed E-state index contributed by atoms with van der Waals surface area (Å²) < 4.78 is 10.8. The van der Waals surface area contributed by atoms with Crippen LogP contribution in [0.3, 0.4) is 0 Å². The molecule has 0 aliphatic rings. The van der Waals surface area contributed by atoms with Crippen LogP contribution in [0.1, 0.15) is 16.1 Å². The van der Waals surface area contributed by atoms with Crippen molar-refractivity contribution in [2.45, 2.75) is 0 Å². The van der Waals surface area contributed by atoms with E-state index in [1.165, 1.54) is 6.08 Å². The highest BCUT2D eigenvalue weighted by molar-refractivity contribution is 6.35. The molecule has 0 bridgehead atoms. The van der Waals surface area contributed by atoms with Crippen molar-refractivity contribution in [3.63, 3.8) is 0 Å². The highest BCUT2D eigenvalue weighted by atomic mass is 35.5. The zero-order valence-corrected chi connectivity index (χ0v) is 14.8. The average Bonchev–Trinajstić information content (AvgIpc) is 3.08. The summed E-state index contributed by atoms with van der Waals surface area (Å²) in [6.07, 6.45) is 3.09. The third-order valence-electron chi connectivity index (χ3n) is 3.55. The summed E-state index contributed by atoms with van der Waals surface area (Å²) >= 11 is 12.0. The van der Waals surface area contributed by atoms with E-state index in [4.69, 9.17) is 32.4 Å². The number of halogens is 2. The second kappa shape index (κ2) is 7.60. The van der Waals surface area contributed by atoms with Crippen molar-refractivity contribution in [2.75, 3.05) is 7.11 Å². The van der Waals surface area contributed by atoms with Crippen molar-refractivity contribution in [3.05, 3.63) is 82.0 Å². The number of furan rings is 1. The van der Waals surface area contributed by atoms with Crippen LogP contribution in [0.4, 0.5) is 0 Å². The number of methoxy groups -OCH3 is 1. The summed E-state index contributed by atoms with van der Waals surface area (Å²) in [5, 5.41) is 1.07. The molecule has 25 heavy (non-hydrogen) atoms. The van der Waals surface area contributed by atoms with Crippen molar-refractivity contribution in [2.24, 2.45) is 0 Å². The van der Waals surface area contributed by atoms with Gasteiger partial charge in [0.2, 0.25) is 0 Å². The van der Waals surface area contributed by atoms with Crippen LogP contribution in [0.2, 0.25) is 10.0 Å². The predicted octanol–water partition coefficient (Wildman–Crippen LogP) is 6.16. The van der Waals surface area contributed by atoms with E-state index in [1.54, 1.807) is 67.8 Å². The first-order chi connectivity index (χ1) is 12.0. The molecule has 0 amide bonds. The molecule has 0 saturated heterocycles. The van der Waals surface area contributed by atoms with Crippen LogP contribution < -0.4 is 4.74 Å². The van der Waals surface area contributed by atoms with Crippen molar-refractivity contribution < 1.29 is 13.9 Å². The maximum Gasteiger partial charge on any atom is 0.185 e. The first-order valence-corrected chi connectivity index (χ1v) is 8.23. The van der Waals surface area contributed by atoms with Crippen LogP contribution in [-0.4, -0.2) is 12.9 Å². The lowest BCUT2D eigenvalue weighted by atomic mass is 10.1. The molecule has 2 aromatic carbocycles. The molecule has 0 saturated carbocycles. The topological polar surface area (TPSA) is 39.4 Å². The molecule has 3 nitrogen and oxygen atoms in total. The average molecular weight is 373 g/mol. The number of ether oxygens (including phenoxy) is 1. The van der Waals surface area contributed by atoms with Crippen LogP contribution in [0, 0.1) is 0 Å². The monoisotopic (exact) mass is 372 g/mol. The molecular weight excluding hydrogens is 359 g/mol. The van der Waals surface area contributed by atoms with Crippen LogP contribution in [0.25, 0.3) is 17.4 Å². The zero-order chi connectivity index (χ0) is 17.8. The summed E-state index contributed by atoms with van der Waals surface area (Å²) in [5.41, 5.74) is 1.35. The predicted molar refractivity (Wildman–Crippen MR) is 101 cm³/mol. The molecule has 0 N–H and O–H groups in total. The van der Waals surface area contributed by atoms with E-state index < -0.39 is 0 Å². The minimum absolute atomic E-state index is 0.119. The van der Waals surface area contributed by atoms with Gasteiger partial charge in [0.25, 0.3) is 0 Å². The van der Waals surface area contributed by atoms with Gasteiger partial charge in [0.1, 0.15) is 17.3 Å². The van der Waals surface area contributed by atoms with E-state index in [0.717, 1.165) is 5.56 Å². The van der Waals surface area contributed by atoms with Crippen molar-refractivity contribution in [1.82, 2.24) is 0 Å². The second-order valence-corrected chi connectivity index (χ2v) is 6.16. The van der Waals surface area contributed by atoms with E-state index in [0.29, 0.717) is 32.9 Å². The minimum atomic E-state index is -0.119. The Hall–Kier alpha value is -2.49. The van der Waals surface area contributed by atoms with Gasteiger partial charge in [0, 0.05) is 21.2 Å². The molecule has 0 spiro atoms. The Morgan fingerprint density at radius 1 is 1.00 bits per heavy atom. The quantitative estimate of drug-likeness (QED) is 0.397. The van der Waals surface area contributed by atoms with Gasteiger partial charge in [-0.2, -0.15) is 0 Å². The van der Waals surface area contributed by atoms with Crippen molar-refractivity contribution in [1.29, 1.82) is 0 Å². The van der Waals surface area contributed by atoms with E-state index in [-0.39, 0.29) is 5.78 Å². The molecule has 0 radical (unpaired) electrons. The fraction of sp³-hybridized carbons (Fsp3) is 0.0500. The lowest BCUT2D eigenvalue weighted by Crippen LogP contribution is -1.93. The fourth-order valence-electron chi connectivity index (χ4n) is 2.30. The standard InChI is InChI=1S/C20H14Cl2O3/c1-24-17-4-2-13(3-5-17)19(23)8-6-18-7-9-20(25-18)14-10-15(21)12-16(22)11-14/h2-12H,1H3/b8-6+. The number of carbonyl (C=O) groups excluding carboxylic acids is 1. The van der Waals surface area contributed by atoms with Crippen LogP contribution in [0.15, 0.2) is 65.1 Å². The number of rotatable bonds is 5. The molecule has 3 aromatic rings. The van der Waals surface area contributed by atoms with Crippen LogP contribution in [0.5, 0.6) is 5.75 Å². The molecule has 1 heterocycles. The second-order valence-electron chi connectivity index (χ2n) is 5.29. The lowest BCUT2D eigenvalue weighted by Gasteiger charge is -2.00. The normalized spacial score (nSPS) is 11.0. The van der Waals surface area contributed by atoms with Crippen LogP contribution >= 0.6 is 23.2 Å². The largest absolute Gasteiger partial charge is 0.497 e. The molecule has 0 aliphatic heterocycles.